The van der Waals surface area contributed by atoms with E-state index < -0.39 is 11.6 Å². The van der Waals surface area contributed by atoms with Crippen LogP contribution < -0.4 is 9.64 Å². The zero-order valence-electron chi connectivity index (χ0n) is 12.2. The third kappa shape index (κ3) is 3.17. The molecule has 1 aromatic rings. The summed E-state index contributed by atoms with van der Waals surface area (Å²) in [7, 11) is 1.57. The number of amides is 1. The third-order valence-corrected chi connectivity index (χ3v) is 4.24. The van der Waals surface area contributed by atoms with Gasteiger partial charge in [0, 0.05) is 12.1 Å². The lowest BCUT2D eigenvalue weighted by atomic mass is 9.78. The quantitative estimate of drug-likeness (QED) is 0.843. The summed E-state index contributed by atoms with van der Waals surface area (Å²) in [4.78, 5) is 24.3. The summed E-state index contributed by atoms with van der Waals surface area (Å²) in [6.45, 7) is 0. The second kappa shape index (κ2) is 6.61. The fourth-order valence-electron chi connectivity index (χ4n) is 3.20. The van der Waals surface area contributed by atoms with Crippen molar-refractivity contribution in [2.75, 3.05) is 12.0 Å². The van der Waals surface area contributed by atoms with Crippen LogP contribution in [0.25, 0.3) is 0 Å². The number of nitrogens with zero attached hydrogens (tertiary/aromatic N) is 1. The number of carboxylic acid groups (broad SMARTS) is 1. The van der Waals surface area contributed by atoms with Gasteiger partial charge in [-0.05, 0) is 37.1 Å². The standard InChI is InChI=1S/C16H21NO4/c1-21-14-7-5-13(6-8-14)17(15(19)20)16(11-12-18)9-3-2-4-10-16/h5-8,12H,2-4,9-11H2,1H3,(H,19,20). The van der Waals surface area contributed by atoms with Crippen molar-refractivity contribution in [2.45, 2.75) is 44.1 Å². The van der Waals surface area contributed by atoms with Crippen LogP contribution in [0.5, 0.6) is 5.75 Å². The van der Waals surface area contributed by atoms with Gasteiger partial charge in [-0.15, -0.1) is 0 Å². The van der Waals surface area contributed by atoms with Gasteiger partial charge in [0.1, 0.15) is 12.0 Å². The fraction of sp³-hybridized carbons (Fsp3) is 0.500. The zero-order chi connectivity index (χ0) is 15.3. The molecule has 1 aliphatic carbocycles. The molecule has 1 aliphatic rings. The highest BCUT2D eigenvalue weighted by molar-refractivity contribution is 5.88. The Morgan fingerprint density at radius 1 is 1.29 bits per heavy atom. The van der Waals surface area contributed by atoms with Crippen LogP contribution in [0, 0.1) is 0 Å². The molecule has 0 aliphatic heterocycles. The lowest BCUT2D eigenvalue weighted by molar-refractivity contribution is -0.109. The Morgan fingerprint density at radius 3 is 2.38 bits per heavy atom. The molecule has 5 heteroatoms. The number of benzene rings is 1. The zero-order valence-corrected chi connectivity index (χ0v) is 12.2. The van der Waals surface area contributed by atoms with E-state index in [1.165, 1.54) is 4.90 Å². The largest absolute Gasteiger partial charge is 0.497 e. The molecule has 0 atom stereocenters. The molecule has 0 bridgehead atoms. The van der Waals surface area contributed by atoms with Gasteiger partial charge in [-0.2, -0.15) is 0 Å². The molecule has 114 valence electrons. The van der Waals surface area contributed by atoms with Crippen molar-refractivity contribution < 1.29 is 19.4 Å². The molecule has 1 amide bonds. The first-order chi connectivity index (χ1) is 10.1. The van der Waals surface area contributed by atoms with Gasteiger partial charge < -0.3 is 14.6 Å². The van der Waals surface area contributed by atoms with Gasteiger partial charge in [-0.25, -0.2) is 4.79 Å². The minimum absolute atomic E-state index is 0.241. The monoisotopic (exact) mass is 291 g/mol. The Bertz CT molecular complexity index is 492. The maximum atomic E-state index is 11.8. The highest BCUT2D eigenvalue weighted by atomic mass is 16.5. The number of methoxy groups -OCH3 is 1. The number of carbonyl (C=O) groups is 2. The van der Waals surface area contributed by atoms with E-state index in [0.717, 1.165) is 38.4 Å². The molecule has 0 radical (unpaired) electrons. The van der Waals surface area contributed by atoms with Crippen LogP contribution in [0.15, 0.2) is 24.3 Å². The van der Waals surface area contributed by atoms with Gasteiger partial charge in [0.2, 0.25) is 0 Å². The first-order valence-corrected chi connectivity index (χ1v) is 7.24. The van der Waals surface area contributed by atoms with Crippen LogP contribution in [0.1, 0.15) is 38.5 Å². The first-order valence-electron chi connectivity index (χ1n) is 7.24. The molecule has 21 heavy (non-hydrogen) atoms. The van der Waals surface area contributed by atoms with Crippen LogP contribution >= 0.6 is 0 Å². The molecule has 1 aromatic carbocycles. The van der Waals surface area contributed by atoms with E-state index in [2.05, 4.69) is 0 Å². The normalized spacial score (nSPS) is 17.0. The van der Waals surface area contributed by atoms with E-state index in [0.29, 0.717) is 11.4 Å². The molecule has 0 spiro atoms. The average molecular weight is 291 g/mol. The van der Waals surface area contributed by atoms with Gasteiger partial charge >= 0.3 is 6.09 Å². The molecule has 2 rings (SSSR count). The molecule has 0 saturated heterocycles. The highest BCUT2D eigenvalue weighted by Gasteiger charge is 2.41. The molecule has 0 aromatic heterocycles. The highest BCUT2D eigenvalue weighted by Crippen LogP contribution is 2.39. The summed E-state index contributed by atoms with van der Waals surface area (Å²) < 4.78 is 5.11. The number of aldehydes is 1. The second-order valence-electron chi connectivity index (χ2n) is 5.47. The van der Waals surface area contributed by atoms with Crippen molar-refractivity contribution in [3.63, 3.8) is 0 Å². The Hall–Kier alpha value is -2.04. The predicted molar refractivity (Wildman–Crippen MR) is 80.0 cm³/mol. The van der Waals surface area contributed by atoms with E-state index in [1.807, 2.05) is 0 Å². The summed E-state index contributed by atoms with van der Waals surface area (Å²) in [5, 5.41) is 9.68. The van der Waals surface area contributed by atoms with E-state index >= 15 is 0 Å². The molecule has 1 N–H and O–H groups in total. The van der Waals surface area contributed by atoms with Crippen LogP contribution in [0.4, 0.5) is 10.5 Å². The number of hydrogen-bond donors (Lipinski definition) is 1. The number of ether oxygens (including phenoxy) is 1. The predicted octanol–water partition coefficient (Wildman–Crippen LogP) is 3.47. The lowest BCUT2D eigenvalue weighted by Gasteiger charge is -2.44. The minimum Gasteiger partial charge on any atom is -0.497 e. The molecule has 1 saturated carbocycles. The Morgan fingerprint density at radius 2 is 1.90 bits per heavy atom. The van der Waals surface area contributed by atoms with Crippen LogP contribution in [0.2, 0.25) is 0 Å². The van der Waals surface area contributed by atoms with Gasteiger partial charge in [0.25, 0.3) is 0 Å². The number of hydrogen-bond acceptors (Lipinski definition) is 3. The van der Waals surface area contributed by atoms with Crippen molar-refractivity contribution in [3.8, 4) is 5.75 Å². The van der Waals surface area contributed by atoms with Crippen LogP contribution in [-0.2, 0) is 4.79 Å². The van der Waals surface area contributed by atoms with Crippen molar-refractivity contribution >= 4 is 18.1 Å². The van der Waals surface area contributed by atoms with Gasteiger partial charge in [-0.1, -0.05) is 19.3 Å². The topological polar surface area (TPSA) is 66.8 Å². The van der Waals surface area contributed by atoms with E-state index in [9.17, 15) is 14.7 Å². The second-order valence-corrected chi connectivity index (χ2v) is 5.47. The lowest BCUT2D eigenvalue weighted by Crippen LogP contribution is -2.53. The summed E-state index contributed by atoms with van der Waals surface area (Å²) in [6.07, 6.45) is 4.52. The van der Waals surface area contributed by atoms with E-state index in [1.54, 1.807) is 31.4 Å². The molecular formula is C16H21NO4. The van der Waals surface area contributed by atoms with E-state index in [4.69, 9.17) is 4.74 Å². The van der Waals surface area contributed by atoms with E-state index in [-0.39, 0.29) is 6.42 Å². The molecule has 5 nitrogen and oxygen atoms in total. The molecule has 1 fully saturated rings. The summed E-state index contributed by atoms with van der Waals surface area (Å²) in [5.41, 5.74) is -0.0208. The molecule has 0 heterocycles. The molecular weight excluding hydrogens is 270 g/mol. The minimum atomic E-state index is -1.01. The summed E-state index contributed by atoms with van der Waals surface area (Å²) in [6, 6.07) is 6.94. The van der Waals surface area contributed by atoms with Crippen molar-refractivity contribution in [1.29, 1.82) is 0 Å². The fourth-order valence-corrected chi connectivity index (χ4v) is 3.20. The van der Waals surface area contributed by atoms with Gasteiger partial charge in [-0.3, -0.25) is 4.90 Å². The van der Waals surface area contributed by atoms with Crippen molar-refractivity contribution in [3.05, 3.63) is 24.3 Å². The molecule has 0 unspecified atom stereocenters. The smallest absolute Gasteiger partial charge is 0.412 e. The SMILES string of the molecule is COc1ccc(N(C(=O)O)C2(CC=O)CCCCC2)cc1. The van der Waals surface area contributed by atoms with Gasteiger partial charge in [0.15, 0.2) is 0 Å². The summed E-state index contributed by atoms with van der Waals surface area (Å²) >= 11 is 0. The van der Waals surface area contributed by atoms with Crippen molar-refractivity contribution in [2.24, 2.45) is 0 Å². The van der Waals surface area contributed by atoms with Gasteiger partial charge in [0.05, 0.1) is 12.6 Å². The van der Waals surface area contributed by atoms with Crippen LogP contribution in [-0.4, -0.2) is 30.1 Å². The summed E-state index contributed by atoms with van der Waals surface area (Å²) in [5.74, 6) is 0.678. The van der Waals surface area contributed by atoms with Crippen molar-refractivity contribution in [1.82, 2.24) is 0 Å². The number of carbonyl (C=O) groups excluding carboxylic acids is 1. The maximum absolute atomic E-state index is 11.8. The van der Waals surface area contributed by atoms with Crippen LogP contribution in [0.3, 0.4) is 0 Å². The average Bonchev–Trinajstić information content (AvgIpc) is 2.49. The first kappa shape index (κ1) is 15.4. The number of anilines is 1. The maximum Gasteiger partial charge on any atom is 0.412 e. The number of rotatable bonds is 5. The Kier molecular flexibility index (Phi) is 4.83. The third-order valence-electron chi connectivity index (χ3n) is 4.24. The Balaban J connectivity index is 2.38. The Labute approximate surface area is 124 Å².